The Bertz CT molecular complexity index is 308. The van der Waals surface area contributed by atoms with E-state index in [9.17, 15) is 9.59 Å². The predicted molar refractivity (Wildman–Crippen MR) is 65.9 cm³/mol. The Morgan fingerprint density at radius 2 is 2.33 bits per heavy atom. The van der Waals surface area contributed by atoms with Crippen LogP contribution in [0, 0.1) is 5.92 Å². The molecule has 2 unspecified atom stereocenters. The van der Waals surface area contributed by atoms with Crippen molar-refractivity contribution in [1.29, 1.82) is 0 Å². The van der Waals surface area contributed by atoms with Gasteiger partial charge in [0.2, 0.25) is 11.8 Å². The normalized spacial score (nSPS) is 21.2. The van der Waals surface area contributed by atoms with E-state index in [0.29, 0.717) is 19.7 Å². The first-order chi connectivity index (χ1) is 8.51. The molecule has 0 radical (unpaired) electrons. The molecular weight excluding hydrogens is 236 g/mol. The molecule has 0 saturated carbocycles. The van der Waals surface area contributed by atoms with E-state index in [1.807, 2.05) is 0 Å². The molecule has 1 fully saturated rings. The molecule has 0 bridgehead atoms. The SMILES string of the molecule is COCCN1CC(C(=O)N(C)C(C)CO)CC1=O. The van der Waals surface area contributed by atoms with Gasteiger partial charge in [0.1, 0.15) is 0 Å². The number of methoxy groups -OCH3 is 1. The zero-order valence-electron chi connectivity index (χ0n) is 11.3. The van der Waals surface area contributed by atoms with Crippen molar-refractivity contribution in [2.45, 2.75) is 19.4 Å². The molecule has 0 aliphatic carbocycles. The molecule has 6 heteroatoms. The molecule has 6 nitrogen and oxygen atoms in total. The van der Waals surface area contributed by atoms with Gasteiger partial charge in [-0.3, -0.25) is 9.59 Å². The molecule has 0 spiro atoms. The predicted octanol–water partition coefficient (Wildman–Crippen LogP) is -0.679. The van der Waals surface area contributed by atoms with Crippen molar-refractivity contribution in [1.82, 2.24) is 9.80 Å². The highest BCUT2D eigenvalue weighted by molar-refractivity contribution is 5.89. The first-order valence-corrected chi connectivity index (χ1v) is 6.15. The van der Waals surface area contributed by atoms with E-state index in [4.69, 9.17) is 9.84 Å². The second-order valence-corrected chi connectivity index (χ2v) is 4.71. The van der Waals surface area contributed by atoms with E-state index >= 15 is 0 Å². The molecule has 18 heavy (non-hydrogen) atoms. The summed E-state index contributed by atoms with van der Waals surface area (Å²) in [7, 11) is 3.24. The van der Waals surface area contributed by atoms with Crippen LogP contribution in [0.5, 0.6) is 0 Å². The number of likely N-dealkylation sites (tertiary alicyclic amines) is 1. The van der Waals surface area contributed by atoms with Crippen LogP contribution in [0.25, 0.3) is 0 Å². The minimum Gasteiger partial charge on any atom is -0.394 e. The third kappa shape index (κ3) is 3.43. The van der Waals surface area contributed by atoms with Crippen molar-refractivity contribution in [3.63, 3.8) is 0 Å². The van der Waals surface area contributed by atoms with Crippen LogP contribution in [0.3, 0.4) is 0 Å². The smallest absolute Gasteiger partial charge is 0.228 e. The zero-order chi connectivity index (χ0) is 13.7. The molecule has 1 N–H and O–H groups in total. The standard InChI is InChI=1S/C12H22N2O4/c1-9(8-15)13(2)12(17)10-6-11(16)14(7-10)4-5-18-3/h9-10,15H,4-8H2,1-3H3. The highest BCUT2D eigenvalue weighted by Gasteiger charge is 2.36. The fourth-order valence-corrected chi connectivity index (χ4v) is 1.98. The highest BCUT2D eigenvalue weighted by atomic mass is 16.5. The molecular formula is C12H22N2O4. The van der Waals surface area contributed by atoms with Crippen molar-refractivity contribution in [2.75, 3.05) is 40.5 Å². The summed E-state index contributed by atoms with van der Waals surface area (Å²) in [4.78, 5) is 27.0. The van der Waals surface area contributed by atoms with Gasteiger partial charge in [0.05, 0.1) is 25.2 Å². The van der Waals surface area contributed by atoms with E-state index in [1.165, 1.54) is 4.90 Å². The van der Waals surface area contributed by atoms with Crippen molar-refractivity contribution in [2.24, 2.45) is 5.92 Å². The van der Waals surface area contributed by atoms with Gasteiger partial charge in [-0.1, -0.05) is 0 Å². The first kappa shape index (κ1) is 14.9. The molecule has 1 heterocycles. The van der Waals surface area contributed by atoms with Gasteiger partial charge in [0.25, 0.3) is 0 Å². The molecule has 2 amide bonds. The Labute approximate surface area is 107 Å². The maximum atomic E-state index is 12.1. The summed E-state index contributed by atoms with van der Waals surface area (Å²) in [6.07, 6.45) is 0.255. The maximum absolute atomic E-state index is 12.1. The van der Waals surface area contributed by atoms with Crippen LogP contribution in [0.2, 0.25) is 0 Å². The lowest BCUT2D eigenvalue weighted by molar-refractivity contribution is -0.137. The fraction of sp³-hybridized carbons (Fsp3) is 0.833. The lowest BCUT2D eigenvalue weighted by Crippen LogP contribution is -2.41. The second-order valence-electron chi connectivity index (χ2n) is 4.71. The quantitative estimate of drug-likeness (QED) is 0.685. The molecule has 0 aromatic heterocycles. The van der Waals surface area contributed by atoms with E-state index in [1.54, 1.807) is 26.0 Å². The van der Waals surface area contributed by atoms with Gasteiger partial charge in [-0.15, -0.1) is 0 Å². The van der Waals surface area contributed by atoms with Crippen molar-refractivity contribution in [3.8, 4) is 0 Å². The van der Waals surface area contributed by atoms with Gasteiger partial charge in [-0.2, -0.15) is 0 Å². The lowest BCUT2D eigenvalue weighted by atomic mass is 10.1. The number of likely N-dealkylation sites (N-methyl/N-ethyl adjacent to an activating group) is 1. The number of amides is 2. The van der Waals surface area contributed by atoms with Crippen LogP contribution in [0.15, 0.2) is 0 Å². The molecule has 1 saturated heterocycles. The molecule has 1 aliphatic heterocycles. The van der Waals surface area contributed by atoms with E-state index in [-0.39, 0.29) is 36.8 Å². The molecule has 0 aromatic carbocycles. The van der Waals surface area contributed by atoms with Crippen molar-refractivity contribution in [3.05, 3.63) is 0 Å². The molecule has 1 rings (SSSR count). The lowest BCUT2D eigenvalue weighted by Gasteiger charge is -2.26. The average molecular weight is 258 g/mol. The number of aliphatic hydroxyl groups is 1. The van der Waals surface area contributed by atoms with Gasteiger partial charge in [-0.25, -0.2) is 0 Å². The first-order valence-electron chi connectivity index (χ1n) is 6.15. The van der Waals surface area contributed by atoms with Crippen molar-refractivity contribution < 1.29 is 19.4 Å². The van der Waals surface area contributed by atoms with Gasteiger partial charge >= 0.3 is 0 Å². The number of ether oxygens (including phenoxy) is 1. The fourth-order valence-electron chi connectivity index (χ4n) is 1.98. The number of rotatable bonds is 6. The van der Waals surface area contributed by atoms with Crippen LogP contribution in [0.4, 0.5) is 0 Å². The van der Waals surface area contributed by atoms with Crippen LogP contribution < -0.4 is 0 Å². The average Bonchev–Trinajstić information content (AvgIpc) is 2.74. The summed E-state index contributed by atoms with van der Waals surface area (Å²) >= 11 is 0. The van der Waals surface area contributed by atoms with Crippen LogP contribution >= 0.6 is 0 Å². The summed E-state index contributed by atoms with van der Waals surface area (Å²) in [5, 5.41) is 9.03. The third-order valence-electron chi connectivity index (χ3n) is 3.40. The topological polar surface area (TPSA) is 70.1 Å². The van der Waals surface area contributed by atoms with Crippen LogP contribution in [-0.4, -0.2) is 73.2 Å². The summed E-state index contributed by atoms with van der Waals surface area (Å²) < 4.78 is 4.93. The Morgan fingerprint density at radius 3 is 2.89 bits per heavy atom. The Hall–Kier alpha value is -1.14. The molecule has 104 valence electrons. The summed E-state index contributed by atoms with van der Waals surface area (Å²) in [5.74, 6) is -0.381. The van der Waals surface area contributed by atoms with E-state index < -0.39 is 0 Å². The monoisotopic (exact) mass is 258 g/mol. The van der Waals surface area contributed by atoms with Gasteiger partial charge in [-0.05, 0) is 6.92 Å². The van der Waals surface area contributed by atoms with Gasteiger partial charge in [0, 0.05) is 33.7 Å². The maximum Gasteiger partial charge on any atom is 0.228 e. The number of hydrogen-bond acceptors (Lipinski definition) is 4. The largest absolute Gasteiger partial charge is 0.394 e. The summed E-state index contributed by atoms with van der Waals surface area (Å²) in [6, 6.07) is -0.222. The van der Waals surface area contributed by atoms with Gasteiger partial charge in [0.15, 0.2) is 0 Å². The molecule has 1 aliphatic rings. The highest BCUT2D eigenvalue weighted by Crippen LogP contribution is 2.20. The van der Waals surface area contributed by atoms with Gasteiger partial charge < -0.3 is 19.6 Å². The number of nitrogens with zero attached hydrogens (tertiary/aromatic N) is 2. The summed E-state index contributed by atoms with van der Waals surface area (Å²) in [6.45, 7) is 3.16. The van der Waals surface area contributed by atoms with E-state index in [0.717, 1.165) is 0 Å². The van der Waals surface area contributed by atoms with Crippen LogP contribution in [0.1, 0.15) is 13.3 Å². The number of carbonyl (C=O) groups excluding carboxylic acids is 2. The molecule has 0 aromatic rings. The minimum atomic E-state index is -0.298. The molecule has 2 atom stereocenters. The third-order valence-corrected chi connectivity index (χ3v) is 3.40. The number of carbonyl (C=O) groups is 2. The second kappa shape index (κ2) is 6.70. The van der Waals surface area contributed by atoms with E-state index in [2.05, 4.69) is 0 Å². The van der Waals surface area contributed by atoms with Crippen LogP contribution in [-0.2, 0) is 14.3 Å². The van der Waals surface area contributed by atoms with Crippen molar-refractivity contribution >= 4 is 11.8 Å². The number of aliphatic hydroxyl groups excluding tert-OH is 1. The zero-order valence-corrected chi connectivity index (χ0v) is 11.3. The Balaban J connectivity index is 2.54. The number of hydrogen-bond donors (Lipinski definition) is 1. The Morgan fingerprint density at radius 1 is 1.67 bits per heavy atom. The summed E-state index contributed by atoms with van der Waals surface area (Å²) in [5.41, 5.74) is 0. The minimum absolute atomic E-state index is 0.00421. The Kier molecular flexibility index (Phi) is 5.55.